The zero-order chi connectivity index (χ0) is 13.0. The van der Waals surface area contributed by atoms with E-state index in [1.54, 1.807) is 31.3 Å². The summed E-state index contributed by atoms with van der Waals surface area (Å²) >= 11 is 5.90. The lowest BCUT2D eigenvalue weighted by Gasteiger charge is -2.13. The van der Waals surface area contributed by atoms with Gasteiger partial charge in [-0.05, 0) is 37.3 Å². The number of ether oxygens (including phenoxy) is 1. The second-order valence-electron chi connectivity index (χ2n) is 3.97. The molecule has 0 fully saturated rings. The summed E-state index contributed by atoms with van der Waals surface area (Å²) < 4.78 is 5.66. The summed E-state index contributed by atoms with van der Waals surface area (Å²) in [7, 11) is 0. The minimum atomic E-state index is -0.623. The molecule has 0 aliphatic rings. The predicted molar refractivity (Wildman–Crippen MR) is 70.7 cm³/mol. The average Bonchev–Trinajstić information content (AvgIpc) is 2.38. The molecule has 1 N–H and O–H groups in total. The van der Waals surface area contributed by atoms with E-state index in [1.807, 2.05) is 18.2 Å². The van der Waals surface area contributed by atoms with Gasteiger partial charge >= 0.3 is 0 Å². The molecule has 18 heavy (non-hydrogen) atoms. The maximum Gasteiger partial charge on any atom is 0.130 e. The van der Waals surface area contributed by atoms with E-state index in [0.29, 0.717) is 22.9 Å². The van der Waals surface area contributed by atoms with E-state index in [2.05, 4.69) is 4.98 Å². The second kappa shape index (κ2) is 5.85. The van der Waals surface area contributed by atoms with Crippen LogP contribution < -0.4 is 4.74 Å². The number of nitrogens with zero attached hydrogens (tertiary/aromatic N) is 1. The van der Waals surface area contributed by atoms with Crippen molar-refractivity contribution in [1.82, 2.24) is 4.98 Å². The first-order valence-corrected chi connectivity index (χ1v) is 6.05. The van der Waals surface area contributed by atoms with Crippen LogP contribution in [0.4, 0.5) is 0 Å². The summed E-state index contributed by atoms with van der Waals surface area (Å²) in [6, 6.07) is 10.8. The number of pyridine rings is 1. The Hall–Kier alpha value is -1.58. The van der Waals surface area contributed by atoms with Gasteiger partial charge in [-0.1, -0.05) is 17.7 Å². The van der Waals surface area contributed by atoms with E-state index in [4.69, 9.17) is 16.3 Å². The molecule has 0 unspecified atom stereocenters. The van der Waals surface area contributed by atoms with Crippen molar-refractivity contribution in [1.29, 1.82) is 0 Å². The Labute approximate surface area is 111 Å². The fourth-order valence-corrected chi connectivity index (χ4v) is 1.79. The van der Waals surface area contributed by atoms with Crippen LogP contribution >= 0.6 is 11.6 Å². The molecule has 1 heterocycles. The van der Waals surface area contributed by atoms with Gasteiger partial charge in [0.05, 0.1) is 11.8 Å². The lowest BCUT2D eigenvalue weighted by molar-refractivity contribution is 0.190. The van der Waals surface area contributed by atoms with Gasteiger partial charge in [0.15, 0.2) is 0 Å². The molecule has 1 atom stereocenters. The molecule has 1 aromatic heterocycles. The summed E-state index contributed by atoms with van der Waals surface area (Å²) in [5, 5.41) is 10.3. The second-order valence-corrected chi connectivity index (χ2v) is 4.40. The van der Waals surface area contributed by atoms with Gasteiger partial charge in [-0.3, -0.25) is 4.98 Å². The Bertz CT molecular complexity index is 514. The van der Waals surface area contributed by atoms with Crippen LogP contribution in [-0.4, -0.2) is 10.1 Å². The van der Waals surface area contributed by atoms with Crippen LogP contribution in [0.15, 0.2) is 42.6 Å². The summed E-state index contributed by atoms with van der Waals surface area (Å²) in [5.41, 5.74) is 1.52. The molecule has 0 amide bonds. The van der Waals surface area contributed by atoms with Gasteiger partial charge < -0.3 is 9.84 Å². The maximum absolute atomic E-state index is 9.67. The molecule has 2 aromatic rings. The lowest BCUT2D eigenvalue weighted by atomic mass is 10.1. The smallest absolute Gasteiger partial charge is 0.130 e. The van der Waals surface area contributed by atoms with Crippen LogP contribution in [0.5, 0.6) is 5.75 Å². The third kappa shape index (κ3) is 3.22. The highest BCUT2D eigenvalue weighted by atomic mass is 35.5. The first-order valence-electron chi connectivity index (χ1n) is 5.67. The Balaban J connectivity index is 2.14. The van der Waals surface area contributed by atoms with E-state index in [0.717, 1.165) is 5.69 Å². The van der Waals surface area contributed by atoms with Crippen molar-refractivity contribution < 1.29 is 9.84 Å². The highest BCUT2D eigenvalue weighted by Gasteiger charge is 2.10. The third-order valence-corrected chi connectivity index (χ3v) is 2.76. The molecular weight excluding hydrogens is 250 g/mol. The zero-order valence-electron chi connectivity index (χ0n) is 10.0. The van der Waals surface area contributed by atoms with Crippen molar-refractivity contribution in [2.24, 2.45) is 0 Å². The Morgan fingerprint density at radius 1 is 1.33 bits per heavy atom. The van der Waals surface area contributed by atoms with Crippen LogP contribution in [0.3, 0.4) is 0 Å². The number of rotatable bonds is 4. The quantitative estimate of drug-likeness (QED) is 0.920. The SMILES string of the molecule is C[C@H](O)c1cc(Cl)ccc1OCc1ccccn1. The zero-order valence-corrected chi connectivity index (χ0v) is 10.8. The molecule has 0 bridgehead atoms. The van der Waals surface area contributed by atoms with Gasteiger partial charge in [0, 0.05) is 16.8 Å². The molecule has 0 saturated carbocycles. The highest BCUT2D eigenvalue weighted by Crippen LogP contribution is 2.28. The maximum atomic E-state index is 9.67. The monoisotopic (exact) mass is 263 g/mol. The molecule has 4 heteroatoms. The first-order chi connectivity index (χ1) is 8.66. The van der Waals surface area contributed by atoms with Crippen molar-refractivity contribution in [2.75, 3.05) is 0 Å². The van der Waals surface area contributed by atoms with E-state index in [1.165, 1.54) is 0 Å². The van der Waals surface area contributed by atoms with E-state index in [-0.39, 0.29) is 0 Å². The highest BCUT2D eigenvalue weighted by molar-refractivity contribution is 6.30. The Morgan fingerprint density at radius 3 is 2.83 bits per heavy atom. The van der Waals surface area contributed by atoms with Gasteiger partial charge in [-0.25, -0.2) is 0 Å². The summed E-state index contributed by atoms with van der Waals surface area (Å²) in [5.74, 6) is 0.625. The molecule has 0 radical (unpaired) electrons. The topological polar surface area (TPSA) is 42.4 Å². The lowest BCUT2D eigenvalue weighted by Crippen LogP contribution is -2.02. The largest absolute Gasteiger partial charge is 0.487 e. The number of hydrogen-bond acceptors (Lipinski definition) is 3. The van der Waals surface area contributed by atoms with Gasteiger partial charge in [0.1, 0.15) is 12.4 Å². The van der Waals surface area contributed by atoms with Gasteiger partial charge in [0.25, 0.3) is 0 Å². The molecule has 0 spiro atoms. The molecule has 0 aliphatic heterocycles. The van der Waals surface area contributed by atoms with E-state index >= 15 is 0 Å². The minimum absolute atomic E-state index is 0.363. The van der Waals surface area contributed by atoms with Crippen LogP contribution in [-0.2, 0) is 6.61 Å². The first kappa shape index (κ1) is 12.9. The number of aromatic nitrogens is 1. The molecule has 2 rings (SSSR count). The van der Waals surface area contributed by atoms with E-state index < -0.39 is 6.10 Å². The molecule has 1 aromatic carbocycles. The van der Waals surface area contributed by atoms with Crippen LogP contribution in [0, 0.1) is 0 Å². The number of hydrogen-bond donors (Lipinski definition) is 1. The van der Waals surface area contributed by atoms with Gasteiger partial charge in [-0.15, -0.1) is 0 Å². The summed E-state index contributed by atoms with van der Waals surface area (Å²) in [4.78, 5) is 4.17. The predicted octanol–water partition coefficient (Wildman–Crippen LogP) is 3.37. The normalized spacial score (nSPS) is 12.2. The van der Waals surface area contributed by atoms with Crippen LogP contribution in [0.1, 0.15) is 24.3 Å². The summed E-state index contributed by atoms with van der Waals surface area (Å²) in [6.45, 7) is 2.04. The minimum Gasteiger partial charge on any atom is -0.487 e. The molecule has 3 nitrogen and oxygen atoms in total. The number of aliphatic hydroxyl groups is 1. The average molecular weight is 264 g/mol. The molecular formula is C14H14ClNO2. The summed E-state index contributed by atoms with van der Waals surface area (Å²) in [6.07, 6.45) is 1.10. The van der Waals surface area contributed by atoms with Gasteiger partial charge in [0.2, 0.25) is 0 Å². The Kier molecular flexibility index (Phi) is 4.18. The number of aliphatic hydroxyl groups excluding tert-OH is 1. The number of benzene rings is 1. The van der Waals surface area contributed by atoms with E-state index in [9.17, 15) is 5.11 Å². The van der Waals surface area contributed by atoms with Crippen molar-refractivity contribution >= 4 is 11.6 Å². The standard InChI is InChI=1S/C14H14ClNO2/c1-10(17)13-8-11(15)5-6-14(13)18-9-12-4-2-3-7-16-12/h2-8,10,17H,9H2,1H3/t10-/m0/s1. The van der Waals surface area contributed by atoms with Crippen molar-refractivity contribution in [3.05, 3.63) is 58.9 Å². The van der Waals surface area contributed by atoms with Gasteiger partial charge in [-0.2, -0.15) is 0 Å². The number of halogens is 1. The van der Waals surface area contributed by atoms with Crippen molar-refractivity contribution in [3.8, 4) is 5.75 Å². The van der Waals surface area contributed by atoms with Crippen LogP contribution in [0.2, 0.25) is 5.02 Å². The fraction of sp³-hybridized carbons (Fsp3) is 0.214. The van der Waals surface area contributed by atoms with Crippen molar-refractivity contribution in [3.63, 3.8) is 0 Å². The fourth-order valence-electron chi connectivity index (χ4n) is 1.61. The molecule has 94 valence electrons. The van der Waals surface area contributed by atoms with Crippen molar-refractivity contribution in [2.45, 2.75) is 19.6 Å². The molecule has 0 aliphatic carbocycles. The van der Waals surface area contributed by atoms with Crippen LogP contribution in [0.25, 0.3) is 0 Å². The third-order valence-electron chi connectivity index (χ3n) is 2.52. The Morgan fingerprint density at radius 2 is 2.17 bits per heavy atom. The molecule has 0 saturated heterocycles.